The van der Waals surface area contributed by atoms with Gasteiger partial charge in [-0.25, -0.2) is 19.6 Å². The van der Waals surface area contributed by atoms with E-state index < -0.39 is 0 Å². The maximum Gasteiger partial charge on any atom is 0.256 e. The van der Waals surface area contributed by atoms with Crippen LogP contribution in [0.25, 0.3) is 5.82 Å². The largest absolute Gasteiger partial charge is 0.306 e. The molecule has 0 atom stereocenters. The smallest absolute Gasteiger partial charge is 0.256 e. The topological polar surface area (TPSA) is 85.6 Å². The molecule has 0 aliphatic heterocycles. The summed E-state index contributed by atoms with van der Waals surface area (Å²) in [5.41, 5.74) is 0.371. The van der Waals surface area contributed by atoms with Gasteiger partial charge in [0.2, 0.25) is 0 Å². The highest BCUT2D eigenvalue weighted by molar-refractivity contribution is 6.42. The first-order valence-electron chi connectivity index (χ1n) is 6.07. The summed E-state index contributed by atoms with van der Waals surface area (Å²) in [6.45, 7) is 0. The van der Waals surface area contributed by atoms with Crippen molar-refractivity contribution in [2.75, 3.05) is 5.32 Å². The van der Waals surface area contributed by atoms with Crippen LogP contribution in [0.4, 0.5) is 5.82 Å². The fourth-order valence-electron chi connectivity index (χ4n) is 1.69. The molecular weight excluding hydrogens is 327 g/mol. The fraction of sp³-hybridized carbons (Fsp3) is 0. The molecule has 0 radical (unpaired) electrons. The van der Waals surface area contributed by atoms with Crippen LogP contribution >= 0.6 is 23.2 Å². The third-order valence-corrected chi connectivity index (χ3v) is 3.47. The third-order valence-electron chi connectivity index (χ3n) is 2.73. The molecule has 1 N–H and O–H groups in total. The molecule has 9 heteroatoms. The third kappa shape index (κ3) is 3.05. The summed E-state index contributed by atoms with van der Waals surface area (Å²) in [5, 5.41) is 7.30. The monoisotopic (exact) mass is 334 g/mol. The van der Waals surface area contributed by atoms with Crippen LogP contribution in [0.1, 0.15) is 10.4 Å². The van der Waals surface area contributed by atoms with Crippen LogP contribution < -0.4 is 5.32 Å². The van der Waals surface area contributed by atoms with Crippen molar-refractivity contribution in [3.8, 4) is 5.82 Å². The van der Waals surface area contributed by atoms with E-state index in [9.17, 15) is 4.79 Å². The van der Waals surface area contributed by atoms with Crippen molar-refractivity contribution in [1.82, 2.24) is 24.7 Å². The lowest BCUT2D eigenvalue weighted by molar-refractivity contribution is 0.102. The van der Waals surface area contributed by atoms with Crippen molar-refractivity contribution in [3.05, 3.63) is 58.9 Å². The van der Waals surface area contributed by atoms with Crippen molar-refractivity contribution in [1.29, 1.82) is 0 Å². The molecule has 22 heavy (non-hydrogen) atoms. The van der Waals surface area contributed by atoms with Gasteiger partial charge >= 0.3 is 0 Å². The van der Waals surface area contributed by atoms with Gasteiger partial charge in [0.05, 0.1) is 10.0 Å². The van der Waals surface area contributed by atoms with Gasteiger partial charge in [-0.3, -0.25) is 4.79 Å². The number of anilines is 1. The van der Waals surface area contributed by atoms with Crippen molar-refractivity contribution in [3.63, 3.8) is 0 Å². The van der Waals surface area contributed by atoms with Crippen LogP contribution in [-0.2, 0) is 0 Å². The zero-order chi connectivity index (χ0) is 15.5. The molecule has 2 aromatic heterocycles. The summed E-state index contributed by atoms with van der Waals surface area (Å²) in [6, 6.07) is 6.19. The zero-order valence-electron chi connectivity index (χ0n) is 10.9. The van der Waals surface area contributed by atoms with E-state index in [0.717, 1.165) is 0 Å². The Labute approximate surface area is 134 Å². The molecule has 0 spiro atoms. The molecular formula is C13H8Cl2N6O. The van der Waals surface area contributed by atoms with E-state index in [1.54, 1.807) is 18.2 Å². The number of carbonyl (C=O) groups is 1. The molecule has 0 saturated carbocycles. The van der Waals surface area contributed by atoms with Crippen molar-refractivity contribution in [2.45, 2.75) is 0 Å². The average molecular weight is 335 g/mol. The van der Waals surface area contributed by atoms with Gasteiger partial charge < -0.3 is 5.32 Å². The van der Waals surface area contributed by atoms with Gasteiger partial charge in [-0.05, 0) is 18.2 Å². The van der Waals surface area contributed by atoms with E-state index in [1.165, 1.54) is 29.7 Å². The number of aromatic nitrogens is 5. The van der Waals surface area contributed by atoms with E-state index in [0.29, 0.717) is 27.2 Å². The van der Waals surface area contributed by atoms with Gasteiger partial charge in [-0.2, -0.15) is 5.10 Å². The van der Waals surface area contributed by atoms with Gasteiger partial charge in [0.25, 0.3) is 5.91 Å². The summed E-state index contributed by atoms with van der Waals surface area (Å²) in [4.78, 5) is 24.0. The molecule has 2 heterocycles. The molecule has 0 saturated heterocycles. The minimum atomic E-state index is -0.359. The van der Waals surface area contributed by atoms with Gasteiger partial charge in [0.15, 0.2) is 5.82 Å². The number of rotatable bonds is 3. The Morgan fingerprint density at radius 1 is 1.09 bits per heavy atom. The summed E-state index contributed by atoms with van der Waals surface area (Å²) in [7, 11) is 0. The quantitative estimate of drug-likeness (QED) is 0.795. The summed E-state index contributed by atoms with van der Waals surface area (Å²) in [6.07, 6.45) is 4.20. The fourth-order valence-corrected chi connectivity index (χ4v) is 1.99. The van der Waals surface area contributed by atoms with Gasteiger partial charge in [0, 0.05) is 11.6 Å². The number of benzene rings is 1. The number of nitrogens with one attached hydrogen (secondary N) is 1. The Kier molecular flexibility index (Phi) is 3.99. The van der Waals surface area contributed by atoms with E-state index in [-0.39, 0.29) is 5.91 Å². The number of hydrogen-bond donors (Lipinski definition) is 1. The minimum Gasteiger partial charge on any atom is -0.306 e. The summed E-state index contributed by atoms with van der Waals surface area (Å²) < 4.78 is 1.45. The SMILES string of the molecule is O=C(Nc1cc(-n2cncn2)ncn1)c1ccc(Cl)c(Cl)c1. The first-order valence-corrected chi connectivity index (χ1v) is 6.82. The first-order chi connectivity index (χ1) is 10.6. The van der Waals surface area contributed by atoms with Crippen LogP contribution in [-0.4, -0.2) is 30.6 Å². The second kappa shape index (κ2) is 6.08. The Hall–Kier alpha value is -2.51. The van der Waals surface area contributed by atoms with Crippen LogP contribution in [0.15, 0.2) is 43.2 Å². The minimum absolute atomic E-state index is 0.306. The molecule has 7 nitrogen and oxygen atoms in total. The number of nitrogens with zero attached hydrogens (tertiary/aromatic N) is 5. The molecule has 1 amide bonds. The molecule has 3 rings (SSSR count). The molecule has 1 aromatic carbocycles. The second-order valence-electron chi connectivity index (χ2n) is 4.18. The van der Waals surface area contributed by atoms with E-state index in [4.69, 9.17) is 23.2 Å². The summed E-state index contributed by atoms with van der Waals surface area (Å²) >= 11 is 11.7. The number of hydrogen-bond acceptors (Lipinski definition) is 5. The van der Waals surface area contributed by atoms with E-state index >= 15 is 0 Å². The normalized spacial score (nSPS) is 10.5. The molecule has 0 aliphatic rings. The molecule has 0 fully saturated rings. The Morgan fingerprint density at radius 2 is 1.95 bits per heavy atom. The second-order valence-corrected chi connectivity index (χ2v) is 5.00. The van der Waals surface area contributed by atoms with Crippen LogP contribution in [0.3, 0.4) is 0 Å². The Bertz CT molecular complexity index is 821. The molecule has 0 aliphatic carbocycles. The number of halogens is 2. The maximum absolute atomic E-state index is 12.2. The molecule has 110 valence electrons. The lowest BCUT2D eigenvalue weighted by atomic mass is 10.2. The molecule has 3 aromatic rings. The predicted octanol–water partition coefficient (Wildman–Crippen LogP) is 2.62. The van der Waals surface area contributed by atoms with Crippen LogP contribution in [0, 0.1) is 0 Å². The highest BCUT2D eigenvalue weighted by atomic mass is 35.5. The lowest BCUT2D eigenvalue weighted by Gasteiger charge is -2.06. The van der Waals surface area contributed by atoms with E-state index in [1.807, 2.05) is 0 Å². The predicted molar refractivity (Wildman–Crippen MR) is 81.4 cm³/mol. The highest BCUT2D eigenvalue weighted by Gasteiger charge is 2.10. The summed E-state index contributed by atoms with van der Waals surface area (Å²) in [5.74, 6) is 0.454. The zero-order valence-corrected chi connectivity index (χ0v) is 12.5. The van der Waals surface area contributed by atoms with Crippen LogP contribution in [0.5, 0.6) is 0 Å². The van der Waals surface area contributed by atoms with Gasteiger partial charge in [0.1, 0.15) is 24.8 Å². The lowest BCUT2D eigenvalue weighted by Crippen LogP contribution is -2.13. The van der Waals surface area contributed by atoms with Crippen LogP contribution in [0.2, 0.25) is 10.0 Å². The van der Waals surface area contributed by atoms with E-state index in [2.05, 4.69) is 25.4 Å². The molecule has 0 bridgehead atoms. The first kappa shape index (κ1) is 14.4. The Morgan fingerprint density at radius 3 is 2.68 bits per heavy atom. The molecule has 0 unspecified atom stereocenters. The average Bonchev–Trinajstić information content (AvgIpc) is 3.04. The van der Waals surface area contributed by atoms with Gasteiger partial charge in [-0.1, -0.05) is 23.2 Å². The maximum atomic E-state index is 12.2. The Balaban J connectivity index is 1.82. The van der Waals surface area contributed by atoms with Gasteiger partial charge in [-0.15, -0.1) is 0 Å². The van der Waals surface area contributed by atoms with Crippen molar-refractivity contribution in [2.24, 2.45) is 0 Å². The number of carbonyl (C=O) groups excluding carboxylic acids is 1. The van der Waals surface area contributed by atoms with Crippen molar-refractivity contribution < 1.29 is 4.79 Å². The standard InChI is InChI=1S/C13H8Cl2N6O/c14-9-2-1-8(3-10(9)15)13(22)20-11-4-12(18-6-17-11)21-7-16-5-19-21/h1-7H,(H,17,18,20,22). The number of amides is 1. The van der Waals surface area contributed by atoms with Crippen molar-refractivity contribution >= 4 is 34.9 Å². The highest BCUT2D eigenvalue weighted by Crippen LogP contribution is 2.23.